The van der Waals surface area contributed by atoms with Crippen molar-refractivity contribution in [3.05, 3.63) is 0 Å². The fourth-order valence-corrected chi connectivity index (χ4v) is 0.500. The minimum Gasteiger partial charge on any atom is -0.325 e. The molecule has 0 atom stereocenters. The highest BCUT2D eigenvalue weighted by Crippen LogP contribution is 2.27. The first-order valence-corrected chi connectivity index (χ1v) is 16.7. The summed E-state index contributed by atoms with van der Waals surface area (Å²) in [6.07, 6.45) is 5.54. The zero-order valence-corrected chi connectivity index (χ0v) is 20.5. The van der Waals surface area contributed by atoms with Crippen LogP contribution in [0, 0.1) is 0 Å². The van der Waals surface area contributed by atoms with Crippen molar-refractivity contribution in [1.29, 1.82) is 0 Å². The molecule has 12 nitrogen and oxygen atoms in total. The maximum absolute atomic E-state index is 7.56. The highest BCUT2D eigenvalue weighted by molar-refractivity contribution is 8.07. The Bertz CT molecular complexity index is 363. The first kappa shape index (κ1) is 38.7. The van der Waals surface area contributed by atoms with Crippen LogP contribution in [-0.2, 0) is 47.2 Å². The fraction of sp³-hybridized carbons (Fsp3) is 1.00. The molecule has 0 amide bonds. The van der Waals surface area contributed by atoms with Gasteiger partial charge in [0.1, 0.15) is 0 Å². The Labute approximate surface area is 172 Å². The van der Waals surface area contributed by atoms with Gasteiger partial charge in [-0.2, -0.15) is 0 Å². The first-order valence-electron chi connectivity index (χ1n) is 6.04. The average molecular weight is 542 g/mol. The Kier molecular flexibility index (Phi) is 30.4. The summed E-state index contributed by atoms with van der Waals surface area (Å²) in [4.78, 5) is 90.7. The Balaban J connectivity index is -0.0000000708. The van der Waals surface area contributed by atoms with Crippen molar-refractivity contribution in [3.8, 4) is 0 Å². The second-order valence-corrected chi connectivity index (χ2v) is 13.7. The molecule has 0 aliphatic carbocycles. The summed E-state index contributed by atoms with van der Waals surface area (Å²) < 4.78 is 0. The van der Waals surface area contributed by atoms with E-state index in [9.17, 15) is 0 Å². The quantitative estimate of drug-likeness (QED) is 0.156. The SMILES string of the molecule is CCCCCC.OP(O)(O)=S.OP(O)(O)=S.OP(O)(O)=S.OP(O)(O)=S. The van der Waals surface area contributed by atoms with Gasteiger partial charge in [0, 0.05) is 0 Å². The zero-order valence-electron chi connectivity index (χ0n) is 13.6. The molecule has 0 aliphatic rings. The molecule has 0 saturated carbocycles. The van der Waals surface area contributed by atoms with Gasteiger partial charge < -0.3 is 58.7 Å². The van der Waals surface area contributed by atoms with Gasteiger partial charge in [-0.15, -0.1) is 0 Å². The lowest BCUT2D eigenvalue weighted by Crippen LogP contribution is -1.66. The molecule has 0 aliphatic heterocycles. The van der Waals surface area contributed by atoms with Crippen molar-refractivity contribution in [2.45, 2.75) is 39.5 Å². The van der Waals surface area contributed by atoms with E-state index in [1.165, 1.54) is 25.7 Å². The summed E-state index contributed by atoms with van der Waals surface area (Å²) in [6, 6.07) is 0. The Morgan fingerprint density at radius 3 is 0.538 bits per heavy atom. The minimum atomic E-state index is -3.81. The van der Waals surface area contributed by atoms with Crippen molar-refractivity contribution < 1.29 is 58.7 Å². The third-order valence-electron chi connectivity index (χ3n) is 0.957. The topological polar surface area (TPSA) is 243 Å². The third kappa shape index (κ3) is 629. The standard InChI is InChI=1S/C6H14.4H3O3PS/c1-3-5-6-4-2;4*1-4(2,3)5/h3-6H2,1-2H3;4*(H3,1,2,3,5). The van der Waals surface area contributed by atoms with Gasteiger partial charge in [-0.05, 0) is 47.2 Å². The van der Waals surface area contributed by atoms with Crippen LogP contribution in [0.1, 0.15) is 39.5 Å². The second-order valence-electron chi connectivity index (χ2n) is 3.76. The van der Waals surface area contributed by atoms with Crippen LogP contribution in [0.25, 0.3) is 0 Å². The molecule has 0 saturated heterocycles. The van der Waals surface area contributed by atoms with E-state index in [0.717, 1.165) is 0 Å². The van der Waals surface area contributed by atoms with Crippen LogP contribution in [0.5, 0.6) is 0 Å². The van der Waals surface area contributed by atoms with Crippen molar-refractivity contribution in [3.63, 3.8) is 0 Å². The van der Waals surface area contributed by atoms with Gasteiger partial charge in [-0.25, -0.2) is 0 Å². The van der Waals surface area contributed by atoms with E-state index in [4.69, 9.17) is 58.7 Å². The van der Waals surface area contributed by atoms with Gasteiger partial charge in [-0.3, -0.25) is 0 Å². The van der Waals surface area contributed by atoms with Crippen molar-refractivity contribution >= 4 is 74.1 Å². The molecule has 0 radical (unpaired) electrons. The molecule has 20 heteroatoms. The minimum absolute atomic E-state index is 1.36. The van der Waals surface area contributed by atoms with Gasteiger partial charge in [0.2, 0.25) is 0 Å². The van der Waals surface area contributed by atoms with Gasteiger partial charge >= 0.3 is 26.9 Å². The summed E-state index contributed by atoms with van der Waals surface area (Å²) in [6.45, 7) is -10.8. The monoisotopic (exact) mass is 542 g/mol. The van der Waals surface area contributed by atoms with Gasteiger partial charge in [0.15, 0.2) is 0 Å². The van der Waals surface area contributed by atoms with Crippen LogP contribution < -0.4 is 0 Å². The first-order chi connectivity index (χ1) is 10.9. The molecule has 0 unspecified atom stereocenters. The Hall–Kier alpha value is 2.12. The largest absolute Gasteiger partial charge is 0.325 e. The molecule has 0 fully saturated rings. The van der Waals surface area contributed by atoms with E-state index in [1.807, 2.05) is 0 Å². The van der Waals surface area contributed by atoms with E-state index in [0.29, 0.717) is 0 Å². The molecule has 0 rings (SSSR count). The Morgan fingerprint density at radius 1 is 0.423 bits per heavy atom. The van der Waals surface area contributed by atoms with Crippen LogP contribution in [0.4, 0.5) is 0 Å². The van der Waals surface area contributed by atoms with Crippen molar-refractivity contribution in [1.82, 2.24) is 0 Å². The van der Waals surface area contributed by atoms with Gasteiger partial charge in [-0.1, -0.05) is 39.5 Å². The molecule has 0 bridgehead atoms. The molecule has 166 valence electrons. The highest BCUT2D eigenvalue weighted by atomic mass is 32.5. The lowest BCUT2D eigenvalue weighted by Gasteiger charge is -1.88. The third-order valence-corrected chi connectivity index (χ3v) is 0.957. The predicted octanol–water partition coefficient (Wildman–Crippen LogP) is -0.662. The molecule has 0 aromatic rings. The van der Waals surface area contributed by atoms with E-state index < -0.39 is 26.9 Å². The molecular weight excluding hydrogens is 516 g/mol. The summed E-state index contributed by atoms with van der Waals surface area (Å²) in [5, 5.41) is 0. The smallest absolute Gasteiger partial charge is 0.319 e. The van der Waals surface area contributed by atoms with Crippen LogP contribution >= 0.6 is 26.9 Å². The number of hydrogen-bond donors (Lipinski definition) is 12. The van der Waals surface area contributed by atoms with Gasteiger partial charge in [0.25, 0.3) is 0 Å². The van der Waals surface area contributed by atoms with Gasteiger partial charge in [0.05, 0.1) is 0 Å². The lowest BCUT2D eigenvalue weighted by atomic mass is 10.2. The van der Waals surface area contributed by atoms with Crippen LogP contribution in [0.2, 0.25) is 0 Å². The van der Waals surface area contributed by atoms with Crippen LogP contribution in [0.15, 0.2) is 0 Å². The van der Waals surface area contributed by atoms with Crippen molar-refractivity contribution in [2.75, 3.05) is 0 Å². The average Bonchev–Trinajstić information content (AvgIpc) is 2.16. The normalized spacial score (nSPS) is 11.2. The Morgan fingerprint density at radius 2 is 0.500 bits per heavy atom. The summed E-state index contributed by atoms with van der Waals surface area (Å²) >= 11 is 14.4. The summed E-state index contributed by atoms with van der Waals surface area (Å²) in [5.74, 6) is 0. The maximum Gasteiger partial charge on any atom is 0.319 e. The molecule has 0 spiro atoms. The molecule has 0 aromatic heterocycles. The summed E-state index contributed by atoms with van der Waals surface area (Å²) in [7, 11) is 0. The van der Waals surface area contributed by atoms with Crippen LogP contribution in [0.3, 0.4) is 0 Å². The molecule has 12 N–H and O–H groups in total. The molecule has 0 heterocycles. The number of unbranched alkanes of at least 4 members (excludes halogenated alkanes) is 3. The predicted molar refractivity (Wildman–Crippen MR) is 114 cm³/mol. The van der Waals surface area contributed by atoms with E-state index in [2.05, 4.69) is 61.1 Å². The zero-order chi connectivity index (χ0) is 22.8. The number of rotatable bonds is 3. The molecule has 0 aromatic carbocycles. The van der Waals surface area contributed by atoms with E-state index in [1.54, 1.807) is 0 Å². The lowest BCUT2D eigenvalue weighted by molar-refractivity contribution is 0.361. The van der Waals surface area contributed by atoms with Crippen molar-refractivity contribution in [2.24, 2.45) is 0 Å². The second kappa shape index (κ2) is 20.4. The molecular formula is C6H26O12P4S4. The fourth-order valence-electron chi connectivity index (χ4n) is 0.500. The summed E-state index contributed by atoms with van der Waals surface area (Å²) in [5.41, 5.74) is 0. The van der Waals surface area contributed by atoms with E-state index in [-0.39, 0.29) is 0 Å². The van der Waals surface area contributed by atoms with Crippen LogP contribution in [-0.4, -0.2) is 58.7 Å². The number of hydrogen-bond acceptors (Lipinski definition) is 4. The molecule has 26 heavy (non-hydrogen) atoms. The van der Waals surface area contributed by atoms with E-state index >= 15 is 0 Å². The maximum atomic E-state index is 7.56. The highest BCUT2D eigenvalue weighted by Gasteiger charge is 1.93.